The highest BCUT2D eigenvalue weighted by molar-refractivity contribution is 7.99. The first-order chi connectivity index (χ1) is 12.3. The maximum atomic E-state index is 12.9. The lowest BCUT2D eigenvalue weighted by Crippen LogP contribution is -2.55. The van der Waals surface area contributed by atoms with E-state index in [0.717, 1.165) is 12.1 Å². The van der Waals surface area contributed by atoms with Crippen molar-refractivity contribution in [3.8, 4) is 0 Å². The zero-order valence-electron chi connectivity index (χ0n) is 14.1. The summed E-state index contributed by atoms with van der Waals surface area (Å²) in [4.78, 5) is 27.8. The molecule has 5 nitrogen and oxygen atoms in total. The minimum atomic E-state index is -4.37. The van der Waals surface area contributed by atoms with Crippen LogP contribution in [-0.4, -0.2) is 60.4 Å². The van der Waals surface area contributed by atoms with Crippen LogP contribution in [0, 0.1) is 0 Å². The van der Waals surface area contributed by atoms with Crippen molar-refractivity contribution in [2.75, 3.05) is 42.6 Å². The van der Waals surface area contributed by atoms with E-state index in [1.807, 2.05) is 4.90 Å². The average molecular weight is 387 g/mol. The normalized spacial score (nSPS) is 22.0. The number of hydrogen-bond acceptors (Lipinski definition) is 4. The number of benzene rings is 1. The third-order valence-corrected chi connectivity index (χ3v) is 5.58. The topological polar surface area (TPSA) is 52.7 Å². The number of carbonyl (C=O) groups is 2. The lowest BCUT2D eigenvalue weighted by molar-refractivity contribution is -0.137. The molecule has 2 aliphatic rings. The third-order valence-electron chi connectivity index (χ3n) is 4.52. The smallest absolute Gasteiger partial charge is 0.368 e. The van der Waals surface area contributed by atoms with Gasteiger partial charge in [0.25, 0.3) is 0 Å². The van der Waals surface area contributed by atoms with Crippen molar-refractivity contribution in [2.24, 2.45) is 0 Å². The number of hydrogen-bond donors (Lipinski definition) is 1. The summed E-state index contributed by atoms with van der Waals surface area (Å²) in [7, 11) is 0. The first-order valence-corrected chi connectivity index (χ1v) is 9.58. The maximum absolute atomic E-state index is 12.9. The van der Waals surface area contributed by atoms with E-state index in [-0.39, 0.29) is 11.8 Å². The molecule has 2 aliphatic heterocycles. The van der Waals surface area contributed by atoms with Crippen LogP contribution in [0.2, 0.25) is 0 Å². The fourth-order valence-electron chi connectivity index (χ4n) is 3.09. The number of anilines is 1. The van der Waals surface area contributed by atoms with Gasteiger partial charge in [-0.05, 0) is 18.2 Å². The fourth-order valence-corrected chi connectivity index (χ4v) is 4.05. The monoisotopic (exact) mass is 387 g/mol. The van der Waals surface area contributed by atoms with Gasteiger partial charge in [-0.1, -0.05) is 6.07 Å². The number of amides is 2. The number of nitrogens with zero attached hydrogens (tertiary/aromatic N) is 2. The summed E-state index contributed by atoms with van der Waals surface area (Å²) in [5.74, 6) is 1.03. The standard InChI is InChI=1S/C17H20F3N3O2S/c18-17(19,20)12-2-1-3-13(10-12)22-5-7-23(8-6-22)16(25)14-11-26-9-4-15(24)21-14/h1-3,10,14H,4-9,11H2,(H,21,24)/t14-/m1/s1. The molecule has 0 aromatic heterocycles. The number of alkyl halides is 3. The highest BCUT2D eigenvalue weighted by Gasteiger charge is 2.32. The van der Waals surface area contributed by atoms with Crippen LogP contribution in [0.1, 0.15) is 12.0 Å². The van der Waals surface area contributed by atoms with Crippen LogP contribution >= 0.6 is 11.8 Å². The van der Waals surface area contributed by atoms with E-state index in [2.05, 4.69) is 5.32 Å². The van der Waals surface area contributed by atoms with E-state index in [0.29, 0.717) is 49.8 Å². The Morgan fingerprint density at radius 3 is 2.62 bits per heavy atom. The van der Waals surface area contributed by atoms with Gasteiger partial charge in [-0.2, -0.15) is 24.9 Å². The number of rotatable bonds is 2. The Morgan fingerprint density at radius 2 is 1.92 bits per heavy atom. The van der Waals surface area contributed by atoms with E-state index in [1.54, 1.807) is 22.7 Å². The molecule has 1 N–H and O–H groups in total. The molecule has 9 heteroatoms. The van der Waals surface area contributed by atoms with Gasteiger partial charge in [0, 0.05) is 49.8 Å². The van der Waals surface area contributed by atoms with Gasteiger partial charge in [0.2, 0.25) is 11.8 Å². The highest BCUT2D eigenvalue weighted by Crippen LogP contribution is 2.31. The minimum absolute atomic E-state index is 0.114. The van der Waals surface area contributed by atoms with Crippen LogP contribution in [-0.2, 0) is 15.8 Å². The summed E-state index contributed by atoms with van der Waals surface area (Å²) in [6.07, 6.45) is -3.96. The molecule has 1 atom stereocenters. The van der Waals surface area contributed by atoms with Gasteiger partial charge in [-0.15, -0.1) is 0 Å². The average Bonchev–Trinajstić information content (AvgIpc) is 2.85. The fraction of sp³-hybridized carbons (Fsp3) is 0.529. The first-order valence-electron chi connectivity index (χ1n) is 8.43. The molecule has 1 aromatic carbocycles. The second-order valence-corrected chi connectivity index (χ2v) is 7.46. The van der Waals surface area contributed by atoms with E-state index in [9.17, 15) is 22.8 Å². The Bertz CT molecular complexity index is 675. The summed E-state index contributed by atoms with van der Waals surface area (Å²) in [6, 6.07) is 4.72. The largest absolute Gasteiger partial charge is 0.416 e. The molecule has 26 heavy (non-hydrogen) atoms. The lowest BCUT2D eigenvalue weighted by atomic mass is 10.1. The van der Waals surface area contributed by atoms with Gasteiger partial charge in [0.05, 0.1) is 5.56 Å². The lowest BCUT2D eigenvalue weighted by Gasteiger charge is -2.37. The van der Waals surface area contributed by atoms with Crippen LogP contribution in [0.4, 0.5) is 18.9 Å². The third kappa shape index (κ3) is 4.44. The number of halogens is 3. The van der Waals surface area contributed by atoms with E-state index in [4.69, 9.17) is 0 Å². The Hall–Kier alpha value is -1.90. The summed E-state index contributed by atoms with van der Waals surface area (Å²) in [5.41, 5.74) is -0.169. The molecule has 0 unspecified atom stereocenters. The molecule has 0 bridgehead atoms. The molecule has 0 radical (unpaired) electrons. The van der Waals surface area contributed by atoms with Crippen molar-refractivity contribution < 1.29 is 22.8 Å². The summed E-state index contributed by atoms with van der Waals surface area (Å²) in [5, 5.41) is 2.75. The molecule has 0 saturated carbocycles. The predicted octanol–water partition coefficient (Wildman–Crippen LogP) is 1.98. The highest BCUT2D eigenvalue weighted by atomic mass is 32.2. The summed E-state index contributed by atoms with van der Waals surface area (Å²) >= 11 is 1.57. The Labute approximate surface area is 153 Å². The minimum Gasteiger partial charge on any atom is -0.368 e. The zero-order chi connectivity index (χ0) is 18.7. The van der Waals surface area contributed by atoms with Crippen LogP contribution in [0.15, 0.2) is 24.3 Å². The second-order valence-electron chi connectivity index (χ2n) is 6.31. The van der Waals surface area contributed by atoms with E-state index < -0.39 is 17.8 Å². The van der Waals surface area contributed by atoms with Crippen LogP contribution in [0.3, 0.4) is 0 Å². The van der Waals surface area contributed by atoms with E-state index in [1.165, 1.54) is 6.07 Å². The van der Waals surface area contributed by atoms with E-state index >= 15 is 0 Å². The maximum Gasteiger partial charge on any atom is 0.416 e. The van der Waals surface area contributed by atoms with Crippen molar-refractivity contribution in [3.05, 3.63) is 29.8 Å². The molecule has 1 aromatic rings. The van der Waals surface area contributed by atoms with Gasteiger partial charge < -0.3 is 15.1 Å². The van der Waals surface area contributed by atoms with Crippen molar-refractivity contribution >= 4 is 29.3 Å². The van der Waals surface area contributed by atoms with Crippen molar-refractivity contribution in [3.63, 3.8) is 0 Å². The SMILES string of the molecule is O=C1CCSC[C@H](C(=O)N2CCN(c3cccc(C(F)(F)F)c3)CC2)N1. The molecular weight excluding hydrogens is 367 g/mol. The van der Waals surface area contributed by atoms with Crippen LogP contribution in [0.25, 0.3) is 0 Å². The quantitative estimate of drug-likeness (QED) is 0.843. The predicted molar refractivity (Wildman–Crippen MR) is 94.1 cm³/mol. The molecule has 2 heterocycles. The Kier molecular flexibility index (Phi) is 5.64. The number of thioether (sulfide) groups is 1. The van der Waals surface area contributed by atoms with Gasteiger partial charge >= 0.3 is 6.18 Å². The molecule has 3 rings (SSSR count). The summed E-state index contributed by atoms with van der Waals surface area (Å²) < 4.78 is 38.6. The molecule has 2 saturated heterocycles. The molecular formula is C17H20F3N3O2S. The summed E-state index contributed by atoms with van der Waals surface area (Å²) in [6.45, 7) is 1.76. The van der Waals surface area contributed by atoms with Gasteiger partial charge in [0.15, 0.2) is 0 Å². The van der Waals surface area contributed by atoms with Crippen LogP contribution in [0.5, 0.6) is 0 Å². The molecule has 2 fully saturated rings. The van der Waals surface area contributed by atoms with Crippen molar-refractivity contribution in [2.45, 2.75) is 18.6 Å². The number of carbonyl (C=O) groups excluding carboxylic acids is 2. The Balaban J connectivity index is 1.60. The molecule has 0 aliphatic carbocycles. The second kappa shape index (κ2) is 7.77. The van der Waals surface area contributed by atoms with Gasteiger partial charge in [-0.3, -0.25) is 9.59 Å². The molecule has 2 amide bonds. The van der Waals surface area contributed by atoms with Gasteiger partial charge in [0.1, 0.15) is 6.04 Å². The van der Waals surface area contributed by atoms with Gasteiger partial charge in [-0.25, -0.2) is 0 Å². The van der Waals surface area contributed by atoms with Crippen LogP contribution < -0.4 is 10.2 Å². The van der Waals surface area contributed by atoms with Crippen molar-refractivity contribution in [1.82, 2.24) is 10.2 Å². The number of nitrogens with one attached hydrogen (secondary N) is 1. The first kappa shape index (κ1) is 18.9. The molecule has 0 spiro atoms. The zero-order valence-corrected chi connectivity index (χ0v) is 14.9. The Morgan fingerprint density at radius 1 is 1.19 bits per heavy atom. The number of piperazine rings is 1. The van der Waals surface area contributed by atoms with Crippen molar-refractivity contribution in [1.29, 1.82) is 0 Å². The molecule has 142 valence electrons.